The average molecular weight is 388 g/mol. The van der Waals surface area contributed by atoms with Crippen molar-refractivity contribution in [3.8, 4) is 0 Å². The maximum Gasteiger partial charge on any atom is 0.355 e. The van der Waals surface area contributed by atoms with Gasteiger partial charge in [-0.05, 0) is 60.7 Å². The van der Waals surface area contributed by atoms with Crippen LogP contribution in [-0.2, 0) is 19.2 Å². The molecule has 1 fully saturated rings. The number of ether oxygens (including phenoxy) is 1. The van der Waals surface area contributed by atoms with Crippen molar-refractivity contribution in [3.63, 3.8) is 0 Å². The van der Waals surface area contributed by atoms with Gasteiger partial charge in [-0.25, -0.2) is 4.79 Å². The van der Waals surface area contributed by atoms with Gasteiger partial charge < -0.3 is 9.57 Å². The van der Waals surface area contributed by atoms with Crippen LogP contribution < -0.4 is 5.48 Å². The van der Waals surface area contributed by atoms with Crippen LogP contribution in [0.5, 0.6) is 0 Å². The molecule has 7 heteroatoms. The fourth-order valence-electron chi connectivity index (χ4n) is 2.75. The van der Waals surface area contributed by atoms with Crippen LogP contribution in [0.25, 0.3) is 11.5 Å². The standard InChI is InChI=1S/C19H11Cl2NO4/c20-13-5-1-11(2-6-13)15-9-19(17(23)22-26-18(19)24)10-16(25-15)12-3-7-14(21)8-4-12/h1-10H,(H,22,23). The van der Waals surface area contributed by atoms with Gasteiger partial charge in [0.15, 0.2) is 5.41 Å². The Hall–Kier alpha value is -2.76. The molecule has 1 amide bonds. The van der Waals surface area contributed by atoms with E-state index in [4.69, 9.17) is 32.8 Å². The summed E-state index contributed by atoms with van der Waals surface area (Å²) in [4.78, 5) is 29.5. The molecule has 5 nitrogen and oxygen atoms in total. The first kappa shape index (κ1) is 16.7. The van der Waals surface area contributed by atoms with Gasteiger partial charge in [0.2, 0.25) is 0 Å². The second-order valence-corrected chi connectivity index (χ2v) is 6.70. The Morgan fingerprint density at radius 3 is 1.62 bits per heavy atom. The Bertz CT molecular complexity index is 883. The Kier molecular flexibility index (Phi) is 3.98. The molecular weight excluding hydrogens is 377 g/mol. The Labute approximate surface area is 158 Å². The van der Waals surface area contributed by atoms with E-state index < -0.39 is 17.3 Å². The number of amides is 1. The van der Waals surface area contributed by atoms with Gasteiger partial charge in [-0.2, -0.15) is 5.48 Å². The number of benzene rings is 2. The molecule has 0 atom stereocenters. The SMILES string of the molecule is O=C1NOC(=O)C12C=C(c1ccc(Cl)cc1)OC(c1ccc(Cl)cc1)=C2. The zero-order valence-electron chi connectivity index (χ0n) is 13.2. The molecule has 2 heterocycles. The van der Waals surface area contributed by atoms with Gasteiger partial charge in [0, 0.05) is 21.2 Å². The molecule has 0 unspecified atom stereocenters. The van der Waals surface area contributed by atoms with Gasteiger partial charge in [-0.3, -0.25) is 4.79 Å². The molecule has 0 radical (unpaired) electrons. The van der Waals surface area contributed by atoms with E-state index >= 15 is 0 Å². The van der Waals surface area contributed by atoms with Crippen molar-refractivity contribution < 1.29 is 19.2 Å². The second kappa shape index (κ2) is 6.20. The quantitative estimate of drug-likeness (QED) is 0.791. The Morgan fingerprint density at radius 1 is 0.769 bits per heavy atom. The van der Waals surface area contributed by atoms with Crippen LogP contribution in [0.4, 0.5) is 0 Å². The molecule has 130 valence electrons. The summed E-state index contributed by atoms with van der Waals surface area (Å²) in [6.07, 6.45) is 2.89. The average Bonchev–Trinajstić information content (AvgIpc) is 2.90. The summed E-state index contributed by atoms with van der Waals surface area (Å²) < 4.78 is 5.97. The van der Waals surface area contributed by atoms with Gasteiger partial charge in [0.1, 0.15) is 11.5 Å². The molecule has 0 saturated carbocycles. The van der Waals surface area contributed by atoms with Crippen molar-refractivity contribution in [2.24, 2.45) is 5.41 Å². The monoisotopic (exact) mass is 387 g/mol. The molecule has 0 bridgehead atoms. The lowest BCUT2D eigenvalue weighted by molar-refractivity contribution is -0.147. The van der Waals surface area contributed by atoms with E-state index in [0.29, 0.717) is 32.7 Å². The molecule has 2 aromatic carbocycles. The van der Waals surface area contributed by atoms with Gasteiger partial charge in [-0.15, -0.1) is 0 Å². The Balaban J connectivity index is 1.85. The summed E-state index contributed by atoms with van der Waals surface area (Å²) in [7, 11) is 0. The second-order valence-electron chi connectivity index (χ2n) is 5.82. The Morgan fingerprint density at radius 2 is 1.23 bits per heavy atom. The van der Waals surface area contributed by atoms with Gasteiger partial charge in [-0.1, -0.05) is 23.2 Å². The lowest BCUT2D eigenvalue weighted by atomic mass is 9.83. The number of carbonyl (C=O) groups is 2. The molecule has 0 aromatic heterocycles. The third kappa shape index (κ3) is 2.75. The van der Waals surface area contributed by atoms with E-state index in [0.717, 1.165) is 0 Å². The van der Waals surface area contributed by atoms with Crippen molar-refractivity contribution in [3.05, 3.63) is 81.9 Å². The minimum atomic E-state index is -1.60. The van der Waals surface area contributed by atoms with Crippen LogP contribution in [0.15, 0.2) is 60.7 Å². The largest absolute Gasteiger partial charge is 0.457 e. The van der Waals surface area contributed by atoms with Crippen LogP contribution in [0.2, 0.25) is 10.0 Å². The molecule has 2 aromatic rings. The van der Waals surface area contributed by atoms with E-state index in [1.807, 2.05) is 0 Å². The number of rotatable bonds is 2. The molecule has 4 rings (SSSR count). The van der Waals surface area contributed by atoms with Gasteiger partial charge >= 0.3 is 5.97 Å². The molecule has 1 spiro atoms. The molecular formula is C19H11Cl2NO4. The highest BCUT2D eigenvalue weighted by atomic mass is 35.5. The normalized spacial score (nSPS) is 17.9. The lowest BCUT2D eigenvalue weighted by Crippen LogP contribution is -2.34. The van der Waals surface area contributed by atoms with E-state index in [1.165, 1.54) is 12.2 Å². The maximum atomic E-state index is 12.4. The van der Waals surface area contributed by atoms with Crippen LogP contribution in [-0.4, -0.2) is 11.9 Å². The first-order valence-electron chi connectivity index (χ1n) is 7.65. The van der Waals surface area contributed by atoms with Crippen LogP contribution in [0.1, 0.15) is 11.1 Å². The predicted octanol–water partition coefficient (Wildman–Crippen LogP) is 3.98. The van der Waals surface area contributed by atoms with Crippen molar-refractivity contribution in [2.75, 3.05) is 0 Å². The zero-order chi connectivity index (χ0) is 18.3. The summed E-state index contributed by atoms with van der Waals surface area (Å²) in [6.45, 7) is 0. The molecule has 2 aliphatic rings. The first-order valence-corrected chi connectivity index (χ1v) is 8.41. The number of carbonyl (C=O) groups excluding carboxylic acids is 2. The summed E-state index contributed by atoms with van der Waals surface area (Å²) in [6, 6.07) is 13.7. The summed E-state index contributed by atoms with van der Waals surface area (Å²) in [5.74, 6) is -0.598. The molecule has 2 aliphatic heterocycles. The summed E-state index contributed by atoms with van der Waals surface area (Å²) in [5, 5.41) is 1.12. The smallest absolute Gasteiger partial charge is 0.355 e. The van der Waals surface area contributed by atoms with E-state index in [1.54, 1.807) is 48.5 Å². The van der Waals surface area contributed by atoms with Gasteiger partial charge in [0.25, 0.3) is 5.91 Å². The maximum absolute atomic E-state index is 12.4. The summed E-state index contributed by atoms with van der Waals surface area (Å²) in [5.41, 5.74) is 1.86. The first-order chi connectivity index (χ1) is 12.5. The third-order valence-electron chi connectivity index (χ3n) is 4.14. The fourth-order valence-corrected chi connectivity index (χ4v) is 3.00. The number of hydrogen-bond acceptors (Lipinski definition) is 4. The van der Waals surface area contributed by atoms with Crippen molar-refractivity contribution >= 4 is 46.6 Å². The minimum Gasteiger partial charge on any atom is -0.457 e. The highest BCUT2D eigenvalue weighted by Crippen LogP contribution is 2.41. The molecule has 1 N–H and O–H groups in total. The van der Waals surface area contributed by atoms with Crippen molar-refractivity contribution in [1.82, 2.24) is 5.48 Å². The number of nitrogens with one attached hydrogen (secondary N) is 1. The third-order valence-corrected chi connectivity index (χ3v) is 4.65. The lowest BCUT2D eigenvalue weighted by Gasteiger charge is -2.25. The molecule has 0 aliphatic carbocycles. The highest BCUT2D eigenvalue weighted by molar-refractivity contribution is 6.30. The van der Waals surface area contributed by atoms with Crippen LogP contribution in [0, 0.1) is 5.41 Å². The van der Waals surface area contributed by atoms with Gasteiger partial charge in [0.05, 0.1) is 0 Å². The predicted molar refractivity (Wildman–Crippen MR) is 96.6 cm³/mol. The molecule has 1 saturated heterocycles. The molecule has 26 heavy (non-hydrogen) atoms. The minimum absolute atomic E-state index is 0.350. The zero-order valence-corrected chi connectivity index (χ0v) is 14.7. The highest BCUT2D eigenvalue weighted by Gasteiger charge is 2.53. The van der Waals surface area contributed by atoms with Crippen molar-refractivity contribution in [1.29, 1.82) is 0 Å². The topological polar surface area (TPSA) is 64.6 Å². The van der Waals surface area contributed by atoms with E-state index in [-0.39, 0.29) is 0 Å². The van der Waals surface area contributed by atoms with Crippen molar-refractivity contribution in [2.45, 2.75) is 0 Å². The number of halogens is 2. The number of hydrogen-bond donors (Lipinski definition) is 1. The van der Waals surface area contributed by atoms with Crippen LogP contribution >= 0.6 is 23.2 Å². The number of hydroxylamine groups is 1. The summed E-state index contributed by atoms with van der Waals surface area (Å²) >= 11 is 11.9. The van der Waals surface area contributed by atoms with E-state index in [2.05, 4.69) is 5.48 Å². The van der Waals surface area contributed by atoms with Crippen LogP contribution in [0.3, 0.4) is 0 Å². The van der Waals surface area contributed by atoms with E-state index in [9.17, 15) is 9.59 Å². The fraction of sp³-hybridized carbons (Fsp3) is 0.0526.